The van der Waals surface area contributed by atoms with Gasteiger partial charge in [0.05, 0.1) is 21.3 Å². The number of carbonyl (C=O) groups is 1. The number of methoxy groups -OCH3 is 3. The average molecular weight is 338 g/mol. The summed E-state index contributed by atoms with van der Waals surface area (Å²) < 4.78 is 16.0. The number of hydrogen-bond acceptors (Lipinski definition) is 5. The van der Waals surface area contributed by atoms with Crippen LogP contribution in [0.5, 0.6) is 17.2 Å². The Hall–Kier alpha value is -1.95. The van der Waals surface area contributed by atoms with E-state index in [1.54, 1.807) is 26.2 Å². The van der Waals surface area contributed by atoms with Crippen molar-refractivity contribution in [2.75, 3.05) is 41.5 Å². The van der Waals surface area contributed by atoms with E-state index in [-0.39, 0.29) is 11.3 Å². The summed E-state index contributed by atoms with van der Waals surface area (Å²) >= 11 is 0. The highest BCUT2D eigenvalue weighted by atomic mass is 16.5. The van der Waals surface area contributed by atoms with E-state index in [0.717, 1.165) is 5.56 Å². The van der Waals surface area contributed by atoms with E-state index in [9.17, 15) is 4.79 Å². The fourth-order valence-corrected chi connectivity index (χ4v) is 2.52. The van der Waals surface area contributed by atoms with Gasteiger partial charge < -0.3 is 24.8 Å². The second kappa shape index (κ2) is 8.78. The molecule has 0 atom stereocenters. The lowest BCUT2D eigenvalue weighted by Crippen LogP contribution is -2.39. The van der Waals surface area contributed by atoms with Crippen molar-refractivity contribution < 1.29 is 19.0 Å². The van der Waals surface area contributed by atoms with Gasteiger partial charge in [0, 0.05) is 20.0 Å². The van der Waals surface area contributed by atoms with E-state index in [1.165, 1.54) is 0 Å². The Kier molecular flexibility index (Phi) is 7.35. The van der Waals surface area contributed by atoms with Gasteiger partial charge in [-0.3, -0.25) is 4.79 Å². The first kappa shape index (κ1) is 20.1. The van der Waals surface area contributed by atoms with Crippen molar-refractivity contribution >= 4 is 5.91 Å². The van der Waals surface area contributed by atoms with E-state index in [1.807, 2.05) is 19.2 Å². The maximum absolute atomic E-state index is 12.3. The monoisotopic (exact) mass is 338 g/mol. The average Bonchev–Trinajstić information content (AvgIpc) is 2.57. The third kappa shape index (κ3) is 5.30. The Morgan fingerprint density at radius 2 is 1.67 bits per heavy atom. The molecule has 136 valence electrons. The molecule has 0 radical (unpaired) electrons. The molecule has 0 bridgehead atoms. The number of nitrogens with zero attached hydrogens (tertiary/aromatic N) is 1. The molecule has 0 unspecified atom stereocenters. The number of amides is 1. The van der Waals surface area contributed by atoms with Crippen LogP contribution in [-0.2, 0) is 11.2 Å². The minimum absolute atomic E-state index is 0.0863. The van der Waals surface area contributed by atoms with Gasteiger partial charge in [-0.05, 0) is 36.1 Å². The second-order valence-corrected chi connectivity index (χ2v) is 6.65. The Balaban J connectivity index is 2.78. The van der Waals surface area contributed by atoms with Crippen molar-refractivity contribution in [1.29, 1.82) is 0 Å². The summed E-state index contributed by atoms with van der Waals surface area (Å²) in [6, 6.07) is 3.75. The number of benzene rings is 1. The zero-order valence-electron chi connectivity index (χ0n) is 15.6. The molecule has 0 aliphatic carbocycles. The smallest absolute Gasteiger partial charge is 0.222 e. The number of nitrogens with two attached hydrogens (primary N) is 1. The summed E-state index contributed by atoms with van der Waals surface area (Å²) in [5.74, 6) is 1.83. The fraction of sp³-hybridized carbons (Fsp3) is 0.611. The maximum Gasteiger partial charge on any atom is 0.222 e. The molecule has 0 saturated heterocycles. The van der Waals surface area contributed by atoms with Crippen LogP contribution in [0.1, 0.15) is 25.8 Å². The first-order valence-corrected chi connectivity index (χ1v) is 8.01. The van der Waals surface area contributed by atoms with Crippen molar-refractivity contribution in [2.24, 2.45) is 11.1 Å². The lowest BCUT2D eigenvalue weighted by molar-refractivity contribution is -0.131. The van der Waals surface area contributed by atoms with Crippen LogP contribution in [0.2, 0.25) is 0 Å². The predicted octanol–water partition coefficient (Wildman–Crippen LogP) is 2.09. The minimum atomic E-state index is -0.0863. The van der Waals surface area contributed by atoms with Crippen molar-refractivity contribution in [1.82, 2.24) is 4.90 Å². The Morgan fingerprint density at radius 3 is 2.08 bits per heavy atom. The largest absolute Gasteiger partial charge is 0.493 e. The highest BCUT2D eigenvalue weighted by molar-refractivity contribution is 5.76. The predicted molar refractivity (Wildman–Crippen MR) is 94.9 cm³/mol. The summed E-state index contributed by atoms with van der Waals surface area (Å²) in [4.78, 5) is 14.1. The quantitative estimate of drug-likeness (QED) is 0.746. The van der Waals surface area contributed by atoms with E-state index in [2.05, 4.69) is 13.8 Å². The van der Waals surface area contributed by atoms with Crippen LogP contribution in [0, 0.1) is 5.41 Å². The SMILES string of the molecule is COc1cc(CCC(=O)N(C)CC(C)(C)CN)cc(OC)c1OC. The molecule has 1 amide bonds. The van der Waals surface area contributed by atoms with Gasteiger partial charge in [-0.1, -0.05) is 13.8 Å². The molecular formula is C18H30N2O4. The zero-order chi connectivity index (χ0) is 18.3. The summed E-state index contributed by atoms with van der Waals surface area (Å²) in [5.41, 5.74) is 6.61. The van der Waals surface area contributed by atoms with Gasteiger partial charge in [0.1, 0.15) is 0 Å². The molecule has 0 fully saturated rings. The Morgan fingerprint density at radius 1 is 1.12 bits per heavy atom. The normalized spacial score (nSPS) is 11.1. The Labute approximate surface area is 144 Å². The third-order valence-electron chi connectivity index (χ3n) is 4.00. The first-order chi connectivity index (χ1) is 11.3. The molecule has 0 spiro atoms. The number of rotatable bonds is 9. The lowest BCUT2D eigenvalue weighted by Gasteiger charge is -2.29. The number of ether oxygens (including phenoxy) is 3. The first-order valence-electron chi connectivity index (χ1n) is 8.01. The molecule has 1 aromatic rings. The van der Waals surface area contributed by atoms with Crippen molar-refractivity contribution in [3.8, 4) is 17.2 Å². The third-order valence-corrected chi connectivity index (χ3v) is 4.00. The molecule has 1 rings (SSSR count). The van der Waals surface area contributed by atoms with Gasteiger partial charge in [0.25, 0.3) is 0 Å². The van der Waals surface area contributed by atoms with Crippen LogP contribution in [0.4, 0.5) is 0 Å². The molecule has 2 N–H and O–H groups in total. The van der Waals surface area contributed by atoms with Crippen molar-refractivity contribution in [3.05, 3.63) is 17.7 Å². The van der Waals surface area contributed by atoms with Crippen molar-refractivity contribution in [2.45, 2.75) is 26.7 Å². The van der Waals surface area contributed by atoms with Crippen LogP contribution in [0.3, 0.4) is 0 Å². The molecule has 1 aromatic carbocycles. The highest BCUT2D eigenvalue weighted by Gasteiger charge is 2.21. The van der Waals surface area contributed by atoms with E-state index in [0.29, 0.717) is 43.2 Å². The number of carbonyl (C=O) groups excluding carboxylic acids is 1. The zero-order valence-corrected chi connectivity index (χ0v) is 15.6. The number of hydrogen-bond donors (Lipinski definition) is 1. The van der Waals surface area contributed by atoms with Crippen LogP contribution < -0.4 is 19.9 Å². The lowest BCUT2D eigenvalue weighted by atomic mass is 9.93. The van der Waals surface area contributed by atoms with Gasteiger partial charge >= 0.3 is 0 Å². The van der Waals surface area contributed by atoms with Crippen LogP contribution in [0.25, 0.3) is 0 Å². The maximum atomic E-state index is 12.3. The molecular weight excluding hydrogens is 308 g/mol. The Bertz CT molecular complexity index is 533. The van der Waals surface area contributed by atoms with Crippen LogP contribution in [0.15, 0.2) is 12.1 Å². The number of aryl methyl sites for hydroxylation is 1. The molecule has 0 aliphatic heterocycles. The van der Waals surface area contributed by atoms with Gasteiger partial charge in [0.2, 0.25) is 11.7 Å². The van der Waals surface area contributed by atoms with Crippen LogP contribution >= 0.6 is 0 Å². The fourth-order valence-electron chi connectivity index (χ4n) is 2.52. The molecule has 0 aromatic heterocycles. The molecule has 6 nitrogen and oxygen atoms in total. The minimum Gasteiger partial charge on any atom is -0.493 e. The molecule has 24 heavy (non-hydrogen) atoms. The van der Waals surface area contributed by atoms with Crippen LogP contribution in [-0.4, -0.2) is 52.3 Å². The van der Waals surface area contributed by atoms with Gasteiger partial charge in [-0.25, -0.2) is 0 Å². The molecule has 6 heteroatoms. The summed E-state index contributed by atoms with van der Waals surface area (Å²) in [7, 11) is 6.54. The molecule has 0 saturated carbocycles. The van der Waals surface area contributed by atoms with E-state index < -0.39 is 0 Å². The molecule has 0 heterocycles. The summed E-state index contributed by atoms with van der Waals surface area (Å²) in [6.07, 6.45) is 1.01. The standard InChI is InChI=1S/C18H30N2O4/c1-18(2,11-19)12-20(3)16(21)8-7-13-9-14(22-4)17(24-6)15(10-13)23-5/h9-10H,7-8,11-12,19H2,1-6H3. The van der Waals surface area contributed by atoms with Gasteiger partial charge in [-0.15, -0.1) is 0 Å². The van der Waals surface area contributed by atoms with E-state index in [4.69, 9.17) is 19.9 Å². The topological polar surface area (TPSA) is 74.0 Å². The second-order valence-electron chi connectivity index (χ2n) is 6.65. The summed E-state index contributed by atoms with van der Waals surface area (Å²) in [6.45, 7) is 5.28. The molecule has 0 aliphatic rings. The van der Waals surface area contributed by atoms with Gasteiger partial charge in [0.15, 0.2) is 11.5 Å². The van der Waals surface area contributed by atoms with Crippen molar-refractivity contribution in [3.63, 3.8) is 0 Å². The highest BCUT2D eigenvalue weighted by Crippen LogP contribution is 2.38. The summed E-state index contributed by atoms with van der Waals surface area (Å²) in [5, 5.41) is 0. The van der Waals surface area contributed by atoms with E-state index >= 15 is 0 Å². The van der Waals surface area contributed by atoms with Gasteiger partial charge in [-0.2, -0.15) is 0 Å².